The molecule has 1 unspecified atom stereocenters. The van der Waals surface area contributed by atoms with E-state index in [1.54, 1.807) is 11.3 Å². The second-order valence-electron chi connectivity index (χ2n) is 4.64. The van der Waals surface area contributed by atoms with Crippen molar-refractivity contribution in [2.24, 2.45) is 0 Å². The molecule has 0 aliphatic heterocycles. The van der Waals surface area contributed by atoms with Crippen LogP contribution in [0.3, 0.4) is 0 Å². The third-order valence-corrected chi connectivity index (χ3v) is 4.75. The van der Waals surface area contributed by atoms with Crippen LogP contribution in [0.15, 0.2) is 24.3 Å². The Labute approximate surface area is 115 Å². The van der Waals surface area contributed by atoms with Gasteiger partial charge in [-0.2, -0.15) is 0 Å². The minimum Gasteiger partial charge on any atom is -0.393 e. The molecule has 18 heavy (non-hydrogen) atoms. The van der Waals surface area contributed by atoms with E-state index in [1.807, 2.05) is 24.3 Å². The first kappa shape index (κ1) is 12.2. The summed E-state index contributed by atoms with van der Waals surface area (Å²) in [6, 6.07) is 7.89. The van der Waals surface area contributed by atoms with Gasteiger partial charge in [-0.25, -0.2) is 4.98 Å². The minimum atomic E-state index is -0.189. The molecule has 1 heterocycles. The Morgan fingerprint density at radius 2 is 2.22 bits per heavy atom. The topological polar surface area (TPSA) is 33.1 Å². The number of thiazole rings is 1. The number of benzene rings is 1. The standard InChI is InChI=1S/C14H14ClNOS/c15-11-4-2-1-3-9(11)7-14-16-12-6-5-10(17)8-13(12)18-14/h1-4,10,17H,5-8H2. The second kappa shape index (κ2) is 5.00. The molecular formula is C14H14ClNOS. The number of nitrogens with zero attached hydrogens (tertiary/aromatic N) is 1. The fourth-order valence-corrected chi connectivity index (χ4v) is 3.70. The zero-order chi connectivity index (χ0) is 12.5. The Bertz CT molecular complexity index is 567. The van der Waals surface area contributed by atoms with E-state index >= 15 is 0 Å². The van der Waals surface area contributed by atoms with Crippen molar-refractivity contribution >= 4 is 22.9 Å². The quantitative estimate of drug-likeness (QED) is 0.915. The predicted molar refractivity (Wildman–Crippen MR) is 74.4 cm³/mol. The molecule has 2 aromatic rings. The number of hydrogen-bond donors (Lipinski definition) is 1. The largest absolute Gasteiger partial charge is 0.393 e. The highest BCUT2D eigenvalue weighted by Crippen LogP contribution is 2.29. The molecule has 1 aromatic heterocycles. The summed E-state index contributed by atoms with van der Waals surface area (Å²) in [6.45, 7) is 0. The van der Waals surface area contributed by atoms with Gasteiger partial charge in [0.1, 0.15) is 0 Å². The van der Waals surface area contributed by atoms with Gasteiger partial charge in [0.25, 0.3) is 0 Å². The summed E-state index contributed by atoms with van der Waals surface area (Å²) in [4.78, 5) is 5.92. The first-order valence-electron chi connectivity index (χ1n) is 6.11. The number of fused-ring (bicyclic) bond motifs is 1. The van der Waals surface area contributed by atoms with Gasteiger partial charge in [-0.3, -0.25) is 0 Å². The summed E-state index contributed by atoms with van der Waals surface area (Å²) < 4.78 is 0. The number of halogens is 1. The maximum atomic E-state index is 9.66. The number of rotatable bonds is 2. The van der Waals surface area contributed by atoms with Crippen LogP contribution in [-0.2, 0) is 19.3 Å². The molecule has 2 nitrogen and oxygen atoms in total. The van der Waals surface area contributed by atoms with E-state index in [1.165, 1.54) is 10.6 Å². The Balaban J connectivity index is 1.84. The molecule has 0 saturated heterocycles. The van der Waals surface area contributed by atoms with Gasteiger partial charge < -0.3 is 5.11 Å². The molecule has 0 saturated carbocycles. The van der Waals surface area contributed by atoms with Gasteiger partial charge in [-0.05, 0) is 24.5 Å². The van der Waals surface area contributed by atoms with E-state index in [4.69, 9.17) is 11.6 Å². The first-order valence-corrected chi connectivity index (χ1v) is 7.31. The van der Waals surface area contributed by atoms with Crippen LogP contribution in [-0.4, -0.2) is 16.2 Å². The minimum absolute atomic E-state index is 0.189. The molecule has 1 N–H and O–H groups in total. The van der Waals surface area contributed by atoms with E-state index in [0.717, 1.165) is 41.3 Å². The Hall–Kier alpha value is -0.900. The second-order valence-corrected chi connectivity index (χ2v) is 6.22. The van der Waals surface area contributed by atoms with Gasteiger partial charge in [0, 0.05) is 22.7 Å². The average molecular weight is 280 g/mol. The molecule has 1 aliphatic rings. The van der Waals surface area contributed by atoms with Crippen molar-refractivity contribution in [3.63, 3.8) is 0 Å². The van der Waals surface area contributed by atoms with Gasteiger partial charge >= 0.3 is 0 Å². The molecule has 0 radical (unpaired) electrons. The maximum absolute atomic E-state index is 9.66. The molecule has 1 atom stereocenters. The van der Waals surface area contributed by atoms with Crippen molar-refractivity contribution in [2.75, 3.05) is 0 Å². The Morgan fingerprint density at radius 1 is 1.39 bits per heavy atom. The molecular weight excluding hydrogens is 266 g/mol. The van der Waals surface area contributed by atoms with Crippen molar-refractivity contribution in [1.29, 1.82) is 0 Å². The van der Waals surface area contributed by atoms with Gasteiger partial charge in [0.15, 0.2) is 0 Å². The highest BCUT2D eigenvalue weighted by Gasteiger charge is 2.20. The van der Waals surface area contributed by atoms with Gasteiger partial charge in [0.05, 0.1) is 16.8 Å². The van der Waals surface area contributed by atoms with Crippen LogP contribution < -0.4 is 0 Å². The van der Waals surface area contributed by atoms with Crippen molar-refractivity contribution in [3.05, 3.63) is 50.4 Å². The highest BCUT2D eigenvalue weighted by molar-refractivity contribution is 7.11. The third-order valence-electron chi connectivity index (χ3n) is 3.26. The number of hydrogen-bond acceptors (Lipinski definition) is 3. The summed E-state index contributed by atoms with van der Waals surface area (Å²) >= 11 is 7.87. The molecule has 0 bridgehead atoms. The van der Waals surface area contributed by atoms with Crippen molar-refractivity contribution in [2.45, 2.75) is 31.8 Å². The van der Waals surface area contributed by atoms with Crippen LogP contribution in [0.5, 0.6) is 0 Å². The smallest absolute Gasteiger partial charge is 0.0975 e. The SMILES string of the molecule is OC1CCc2nc(Cc3ccccc3Cl)sc2C1. The Kier molecular flexibility index (Phi) is 3.37. The summed E-state index contributed by atoms with van der Waals surface area (Å²) in [6.07, 6.45) is 3.09. The number of aliphatic hydroxyl groups is 1. The number of aryl methyl sites for hydroxylation is 1. The molecule has 0 spiro atoms. The van der Waals surface area contributed by atoms with Crippen LogP contribution >= 0.6 is 22.9 Å². The monoisotopic (exact) mass is 279 g/mol. The van der Waals surface area contributed by atoms with Gasteiger partial charge in [0.2, 0.25) is 0 Å². The highest BCUT2D eigenvalue weighted by atomic mass is 35.5. The molecule has 0 amide bonds. The lowest BCUT2D eigenvalue weighted by Gasteiger charge is -2.14. The first-order chi connectivity index (χ1) is 8.72. The molecule has 3 rings (SSSR count). The molecule has 0 fully saturated rings. The fraction of sp³-hybridized carbons (Fsp3) is 0.357. The van der Waals surface area contributed by atoms with E-state index in [2.05, 4.69) is 4.98 Å². The van der Waals surface area contributed by atoms with Gasteiger partial charge in [-0.15, -0.1) is 11.3 Å². The van der Waals surface area contributed by atoms with Crippen LogP contribution in [0.1, 0.15) is 27.6 Å². The van der Waals surface area contributed by atoms with E-state index in [-0.39, 0.29) is 6.10 Å². The lowest BCUT2D eigenvalue weighted by molar-refractivity contribution is 0.159. The average Bonchev–Trinajstić information content (AvgIpc) is 2.73. The van der Waals surface area contributed by atoms with E-state index < -0.39 is 0 Å². The van der Waals surface area contributed by atoms with Crippen LogP contribution in [0, 0.1) is 0 Å². The zero-order valence-corrected chi connectivity index (χ0v) is 11.5. The fourth-order valence-electron chi connectivity index (χ4n) is 2.29. The van der Waals surface area contributed by atoms with E-state index in [9.17, 15) is 5.11 Å². The predicted octanol–water partition coefficient (Wildman–Crippen LogP) is 3.24. The molecule has 1 aliphatic carbocycles. The van der Waals surface area contributed by atoms with Crippen LogP contribution in [0.2, 0.25) is 5.02 Å². The van der Waals surface area contributed by atoms with Crippen LogP contribution in [0.25, 0.3) is 0 Å². The van der Waals surface area contributed by atoms with Crippen LogP contribution in [0.4, 0.5) is 0 Å². The van der Waals surface area contributed by atoms with Gasteiger partial charge in [-0.1, -0.05) is 29.8 Å². The number of aliphatic hydroxyl groups excluding tert-OH is 1. The maximum Gasteiger partial charge on any atom is 0.0975 e. The lowest BCUT2D eigenvalue weighted by Crippen LogP contribution is -2.17. The lowest BCUT2D eigenvalue weighted by atomic mass is 10.0. The number of aromatic nitrogens is 1. The normalized spacial score (nSPS) is 18.7. The van der Waals surface area contributed by atoms with E-state index in [0.29, 0.717) is 0 Å². The molecule has 94 valence electrons. The summed E-state index contributed by atoms with van der Waals surface area (Å²) in [5.41, 5.74) is 2.29. The summed E-state index contributed by atoms with van der Waals surface area (Å²) in [5, 5.41) is 11.6. The Morgan fingerprint density at radius 3 is 3.06 bits per heavy atom. The molecule has 4 heteroatoms. The van der Waals surface area contributed by atoms with Crippen molar-refractivity contribution in [1.82, 2.24) is 4.98 Å². The summed E-state index contributed by atoms with van der Waals surface area (Å²) in [5.74, 6) is 0. The van der Waals surface area contributed by atoms with Crippen molar-refractivity contribution < 1.29 is 5.11 Å². The molecule has 1 aromatic carbocycles. The van der Waals surface area contributed by atoms with Crippen molar-refractivity contribution in [3.8, 4) is 0 Å². The third kappa shape index (κ3) is 2.44. The summed E-state index contributed by atoms with van der Waals surface area (Å²) in [7, 11) is 0. The zero-order valence-electron chi connectivity index (χ0n) is 9.90.